The average Bonchev–Trinajstić information content (AvgIpc) is 0.811. The zero-order valence-corrected chi connectivity index (χ0v) is 5.83. The molecule has 25 valence electrons. The van der Waals surface area contributed by atoms with Crippen molar-refractivity contribution in [3.05, 3.63) is 10.1 Å². The summed E-state index contributed by atoms with van der Waals surface area (Å²) in [5.74, 6) is 0. The SMILES string of the molecule is O=[14N+]([O-])O.[K]. The normalized spacial score (nSPS) is 4.80. The molecule has 0 aliphatic heterocycles. The second-order valence-electron chi connectivity index (χ2n) is 0.238. The molecule has 4 nitrogen and oxygen atoms in total. The van der Waals surface area contributed by atoms with E-state index in [1.54, 1.807) is 0 Å². The summed E-state index contributed by atoms with van der Waals surface area (Å²) in [4.78, 5) is 8.36. The Bertz CT molecular complexity index is 29.9. The zero-order chi connectivity index (χ0) is 3.58. The van der Waals surface area contributed by atoms with E-state index in [0.717, 1.165) is 0 Å². The van der Waals surface area contributed by atoms with E-state index in [9.17, 15) is 0 Å². The van der Waals surface area contributed by atoms with Crippen molar-refractivity contribution in [3.8, 4) is 0 Å². The maximum Gasteiger partial charge on any atom is 0.291 e. The predicted molar refractivity (Wildman–Crippen MR) is 14.5 cm³/mol. The molecule has 0 amide bonds. The van der Waals surface area contributed by atoms with E-state index in [2.05, 4.69) is 0 Å². The van der Waals surface area contributed by atoms with Gasteiger partial charge in [0.25, 0.3) is 5.09 Å². The molecule has 0 atom stereocenters. The van der Waals surface area contributed by atoms with Gasteiger partial charge in [-0.05, 0) is 0 Å². The van der Waals surface area contributed by atoms with E-state index in [1.807, 2.05) is 0 Å². The van der Waals surface area contributed by atoms with Crippen molar-refractivity contribution in [2.45, 2.75) is 0 Å². The van der Waals surface area contributed by atoms with Crippen LogP contribution in [0.15, 0.2) is 0 Å². The Morgan fingerprint density at radius 2 is 1.80 bits per heavy atom. The number of hydrogen-bond acceptors (Lipinski definition) is 2. The Kier molecular flexibility index (Phi) is 8.97. The molecule has 0 aliphatic rings. The fourth-order valence-electron chi connectivity index (χ4n) is 0. The Hall–Kier alpha value is 0.836. The summed E-state index contributed by atoms with van der Waals surface area (Å²) < 4.78 is 0. The smallest absolute Gasteiger partial charge is 0.291 e. The first-order valence-electron chi connectivity index (χ1n) is 0.565. The predicted octanol–water partition coefficient (Wildman–Crippen LogP) is -0.729. The van der Waals surface area contributed by atoms with Gasteiger partial charge in [0.05, 0.1) is 0 Å². The van der Waals surface area contributed by atoms with Crippen LogP contribution in [0.1, 0.15) is 0 Å². The second-order valence-corrected chi connectivity index (χ2v) is 0.238. The van der Waals surface area contributed by atoms with E-state index >= 15 is 0 Å². The molecule has 5 heteroatoms. The summed E-state index contributed by atoms with van der Waals surface area (Å²) in [7, 11) is 0. The molecule has 1 radical (unpaired) electrons. The minimum Gasteiger partial charge on any atom is -0.328 e. The molecule has 0 aromatic heterocycles. The number of nitrogens with zero attached hydrogens (tertiary/aromatic N) is 1. The first-order valence-corrected chi connectivity index (χ1v) is 0.565. The van der Waals surface area contributed by atoms with Crippen molar-refractivity contribution in [1.29, 1.82) is 0 Å². The molecule has 5 heavy (non-hydrogen) atoms. The van der Waals surface area contributed by atoms with Crippen molar-refractivity contribution >= 4 is 51.4 Å². The molecule has 0 unspecified atom stereocenters. The van der Waals surface area contributed by atoms with Gasteiger partial charge in [-0.25, -0.2) is 0 Å². The fourth-order valence-corrected chi connectivity index (χ4v) is 0. The van der Waals surface area contributed by atoms with Crippen molar-refractivity contribution in [2.75, 3.05) is 0 Å². The molecule has 0 aromatic carbocycles. The van der Waals surface area contributed by atoms with Crippen molar-refractivity contribution in [3.63, 3.8) is 0 Å². The van der Waals surface area contributed by atoms with Crippen LogP contribution < -0.4 is 0 Å². The van der Waals surface area contributed by atoms with Gasteiger partial charge in [0, 0.05) is 51.4 Å². The van der Waals surface area contributed by atoms with Crippen molar-refractivity contribution < 1.29 is 10.3 Å². The van der Waals surface area contributed by atoms with Crippen LogP contribution in [-0.2, 0) is 0 Å². The average molecular weight is 102 g/mol. The maximum absolute atomic E-state index is 8.36. The Labute approximate surface area is 70.7 Å². The molecule has 0 rings (SSSR count). The van der Waals surface area contributed by atoms with E-state index in [-0.39, 0.29) is 51.4 Å². The van der Waals surface area contributed by atoms with E-state index in [0.29, 0.717) is 0 Å². The molecule has 0 saturated carbocycles. The molecule has 0 aliphatic carbocycles. The molecule has 0 bridgehead atoms. The molecule has 0 heterocycles. The third-order valence-electron chi connectivity index (χ3n) is 0. The molecule has 0 fully saturated rings. The standard InChI is InChI=1S/K.HNO3/c;2-1(3)4/h;(H,2,3,4)/i;1+0. The van der Waals surface area contributed by atoms with Crippen LogP contribution in [0.5, 0.6) is 0 Å². The largest absolute Gasteiger partial charge is 0.328 e. The van der Waals surface area contributed by atoms with Crippen LogP contribution in [0.2, 0.25) is 0 Å². The van der Waals surface area contributed by atoms with Gasteiger partial charge >= 0.3 is 0 Å². The van der Waals surface area contributed by atoms with Gasteiger partial charge in [-0.1, -0.05) is 0 Å². The molecule has 0 spiro atoms. The Balaban J connectivity index is 0. The minimum absolute atomic E-state index is 0. The van der Waals surface area contributed by atoms with Gasteiger partial charge in [0.1, 0.15) is 0 Å². The van der Waals surface area contributed by atoms with Crippen LogP contribution in [0.4, 0.5) is 0 Å². The first kappa shape index (κ1) is 9.28. The van der Waals surface area contributed by atoms with Crippen LogP contribution in [0, 0.1) is 10.1 Å². The third kappa shape index (κ3) is 55.6. The quantitative estimate of drug-likeness (QED) is 0.249. The summed E-state index contributed by atoms with van der Waals surface area (Å²) in [5.41, 5.74) is 0. The fraction of sp³-hybridized carbons (Fsp3) is 0. The van der Waals surface area contributed by atoms with Crippen molar-refractivity contribution in [2.24, 2.45) is 0 Å². The topological polar surface area (TPSA) is 63.4 Å². The summed E-state index contributed by atoms with van der Waals surface area (Å²) in [6.45, 7) is 0. The van der Waals surface area contributed by atoms with Crippen LogP contribution >= 0.6 is 0 Å². The van der Waals surface area contributed by atoms with Gasteiger partial charge in [-0.2, -0.15) is 0 Å². The first-order chi connectivity index (χ1) is 1.73. The third-order valence-corrected chi connectivity index (χ3v) is 0. The van der Waals surface area contributed by atoms with Gasteiger partial charge in [0.2, 0.25) is 0 Å². The van der Waals surface area contributed by atoms with Crippen LogP contribution in [-0.4, -0.2) is 61.7 Å². The molecule has 1 N–H and O–H groups in total. The van der Waals surface area contributed by atoms with Crippen molar-refractivity contribution in [1.82, 2.24) is 0 Å². The molecular formula is HKNO3. The Morgan fingerprint density at radius 1 is 1.80 bits per heavy atom. The Morgan fingerprint density at radius 3 is 1.80 bits per heavy atom. The summed E-state index contributed by atoms with van der Waals surface area (Å²) in [5, 5.41) is 13.6. The van der Waals surface area contributed by atoms with Crippen LogP contribution in [0.3, 0.4) is 0 Å². The van der Waals surface area contributed by atoms with E-state index < -0.39 is 5.09 Å². The second kappa shape index (κ2) is 4.84. The molecule has 0 aromatic rings. The van der Waals surface area contributed by atoms with Gasteiger partial charge in [-0.3, -0.25) is 0 Å². The molecule has 0 saturated heterocycles. The van der Waals surface area contributed by atoms with Gasteiger partial charge in [0.15, 0.2) is 0 Å². The molecular weight excluding hydrogens is 101 g/mol. The number of rotatable bonds is 0. The maximum atomic E-state index is 8.36. The van der Waals surface area contributed by atoms with E-state index in [4.69, 9.17) is 15.3 Å². The van der Waals surface area contributed by atoms with Gasteiger partial charge in [-0.15, -0.1) is 10.1 Å². The van der Waals surface area contributed by atoms with E-state index in [1.165, 1.54) is 0 Å². The number of hydrogen-bond donors (Lipinski definition) is 1. The summed E-state index contributed by atoms with van der Waals surface area (Å²) in [6.07, 6.45) is 0. The zero-order valence-electron chi connectivity index (χ0n) is 2.71. The summed E-state index contributed by atoms with van der Waals surface area (Å²) >= 11 is 0. The monoisotopic (exact) mass is 102 g/mol. The van der Waals surface area contributed by atoms with Gasteiger partial charge < -0.3 is 5.21 Å². The minimum atomic E-state index is -1.50. The summed E-state index contributed by atoms with van der Waals surface area (Å²) in [6, 6.07) is 0. The van der Waals surface area contributed by atoms with Crippen LogP contribution in [0.25, 0.3) is 0 Å².